The lowest BCUT2D eigenvalue weighted by Gasteiger charge is -2.39. The molecule has 1 aliphatic carbocycles. The molecule has 0 spiro atoms. The van der Waals surface area contributed by atoms with Crippen molar-refractivity contribution in [3.63, 3.8) is 0 Å². The van der Waals surface area contributed by atoms with Gasteiger partial charge in [-0.2, -0.15) is 0 Å². The molecule has 0 radical (unpaired) electrons. The van der Waals surface area contributed by atoms with Crippen LogP contribution in [0.2, 0.25) is 0 Å². The molecule has 5 rings (SSSR count). The number of amidine groups is 1. The molecule has 8 heteroatoms. The van der Waals surface area contributed by atoms with Crippen molar-refractivity contribution in [2.75, 3.05) is 78.0 Å². The standard InChI is InChI=1S/C26H36N6O2/c1-29-10-12-31(13-11-29)9-8-20-18-23-24(27-19-20)26(32-14-16-34-17-15-32)28-25(30(23)2)21-4-3-5-22(33)7-6-21/h3-6,18-19,25,33H,7-17H2,1-2H3. The number of aliphatic imine (C=N–C) groups is 1. The van der Waals surface area contributed by atoms with Gasteiger partial charge in [0.2, 0.25) is 0 Å². The smallest absolute Gasteiger partial charge is 0.154 e. The van der Waals surface area contributed by atoms with Gasteiger partial charge >= 0.3 is 0 Å². The minimum Gasteiger partial charge on any atom is -0.512 e. The molecule has 0 saturated carbocycles. The zero-order chi connectivity index (χ0) is 23.5. The van der Waals surface area contributed by atoms with Gasteiger partial charge in [-0.15, -0.1) is 0 Å². The molecule has 1 aromatic heterocycles. The van der Waals surface area contributed by atoms with Crippen molar-refractivity contribution >= 4 is 11.5 Å². The number of aromatic nitrogens is 1. The highest BCUT2D eigenvalue weighted by molar-refractivity contribution is 6.03. The van der Waals surface area contributed by atoms with Crippen LogP contribution >= 0.6 is 0 Å². The van der Waals surface area contributed by atoms with Crippen LogP contribution in [0.15, 0.2) is 52.9 Å². The lowest BCUT2D eigenvalue weighted by molar-refractivity contribution is 0.0679. The average molecular weight is 465 g/mol. The summed E-state index contributed by atoms with van der Waals surface area (Å²) in [5.74, 6) is 1.32. The Labute approximate surface area is 202 Å². The summed E-state index contributed by atoms with van der Waals surface area (Å²) >= 11 is 0. The minimum absolute atomic E-state index is 0.157. The Hall–Kier alpha value is -2.68. The lowest BCUT2D eigenvalue weighted by Crippen LogP contribution is -2.47. The van der Waals surface area contributed by atoms with Gasteiger partial charge < -0.3 is 29.4 Å². The van der Waals surface area contributed by atoms with Gasteiger partial charge in [0.05, 0.1) is 24.7 Å². The summed E-state index contributed by atoms with van der Waals surface area (Å²) in [6, 6.07) is 2.30. The number of aliphatic hydroxyl groups excluding tert-OH is 1. The molecule has 0 aromatic carbocycles. The van der Waals surface area contributed by atoms with Gasteiger partial charge in [-0.05, 0) is 36.7 Å². The second-order valence-electron chi connectivity index (χ2n) is 9.57. The van der Waals surface area contributed by atoms with E-state index in [1.165, 1.54) is 5.56 Å². The molecule has 3 aliphatic heterocycles. The van der Waals surface area contributed by atoms with Crippen molar-refractivity contribution < 1.29 is 9.84 Å². The average Bonchev–Trinajstić information content (AvgIpc) is 3.09. The fourth-order valence-electron chi connectivity index (χ4n) is 4.95. The van der Waals surface area contributed by atoms with E-state index in [1.54, 1.807) is 6.08 Å². The number of rotatable bonds is 4. The first-order chi connectivity index (χ1) is 16.6. The molecule has 182 valence electrons. The number of fused-ring (bicyclic) bond motifs is 1. The van der Waals surface area contributed by atoms with E-state index in [2.05, 4.69) is 51.9 Å². The number of morpholine rings is 1. The van der Waals surface area contributed by atoms with Crippen molar-refractivity contribution in [1.82, 2.24) is 19.7 Å². The summed E-state index contributed by atoms with van der Waals surface area (Å²) in [5, 5.41) is 9.98. The van der Waals surface area contributed by atoms with E-state index in [1.807, 2.05) is 12.3 Å². The Morgan fingerprint density at radius 3 is 2.68 bits per heavy atom. The molecule has 0 amide bonds. The summed E-state index contributed by atoms with van der Waals surface area (Å²) in [7, 11) is 4.29. The van der Waals surface area contributed by atoms with Crippen LogP contribution in [0.4, 0.5) is 5.69 Å². The summed E-state index contributed by atoms with van der Waals surface area (Å²) in [4.78, 5) is 19.6. The van der Waals surface area contributed by atoms with Crippen molar-refractivity contribution in [1.29, 1.82) is 0 Å². The van der Waals surface area contributed by atoms with Crippen LogP contribution in [0.25, 0.3) is 0 Å². The van der Waals surface area contributed by atoms with Gasteiger partial charge in [0.25, 0.3) is 0 Å². The van der Waals surface area contributed by atoms with Crippen LogP contribution in [0.3, 0.4) is 0 Å². The molecular weight excluding hydrogens is 428 g/mol. The highest BCUT2D eigenvalue weighted by Crippen LogP contribution is 2.32. The lowest BCUT2D eigenvalue weighted by atomic mass is 10.0. The van der Waals surface area contributed by atoms with E-state index in [4.69, 9.17) is 14.7 Å². The third kappa shape index (κ3) is 5.04. The molecular formula is C26H36N6O2. The topological polar surface area (TPSA) is 67.7 Å². The molecule has 4 heterocycles. The van der Waals surface area contributed by atoms with E-state index < -0.39 is 0 Å². The molecule has 1 atom stereocenters. The Morgan fingerprint density at radius 2 is 1.88 bits per heavy atom. The number of piperazine rings is 1. The maximum Gasteiger partial charge on any atom is 0.154 e. The SMILES string of the molecule is CN1CCN(CCc2cnc3c(c2)N(C)C(C2=CCC(O)=CC=C2)N=C3N2CCOCC2)CC1. The molecule has 2 fully saturated rings. The molecule has 1 aromatic rings. The number of hydrogen-bond acceptors (Lipinski definition) is 8. The number of nitrogens with zero attached hydrogens (tertiary/aromatic N) is 6. The summed E-state index contributed by atoms with van der Waals surface area (Å²) in [6.45, 7) is 8.65. The van der Waals surface area contributed by atoms with Crippen LogP contribution in [0, 0.1) is 0 Å². The Balaban J connectivity index is 1.42. The van der Waals surface area contributed by atoms with Gasteiger partial charge in [0, 0.05) is 65.5 Å². The second kappa shape index (κ2) is 10.3. The van der Waals surface area contributed by atoms with E-state index >= 15 is 0 Å². The zero-order valence-corrected chi connectivity index (χ0v) is 20.4. The highest BCUT2D eigenvalue weighted by atomic mass is 16.5. The predicted molar refractivity (Wildman–Crippen MR) is 136 cm³/mol. The first-order valence-corrected chi connectivity index (χ1v) is 12.4. The van der Waals surface area contributed by atoms with E-state index in [0.717, 1.165) is 75.0 Å². The number of aliphatic hydroxyl groups is 1. The number of hydrogen-bond donors (Lipinski definition) is 1. The van der Waals surface area contributed by atoms with Crippen LogP contribution in [0.1, 0.15) is 17.7 Å². The molecule has 1 unspecified atom stereocenters. The monoisotopic (exact) mass is 464 g/mol. The Kier molecular flexibility index (Phi) is 6.99. The first kappa shape index (κ1) is 23.1. The number of anilines is 1. The number of pyridine rings is 1. The quantitative estimate of drug-likeness (QED) is 0.732. The minimum atomic E-state index is -0.157. The van der Waals surface area contributed by atoms with Crippen LogP contribution in [-0.2, 0) is 11.2 Å². The zero-order valence-electron chi connectivity index (χ0n) is 20.4. The van der Waals surface area contributed by atoms with E-state index in [9.17, 15) is 5.11 Å². The molecule has 2 saturated heterocycles. The van der Waals surface area contributed by atoms with Gasteiger partial charge in [0.1, 0.15) is 11.9 Å². The third-order valence-electron chi connectivity index (χ3n) is 7.17. The van der Waals surface area contributed by atoms with Gasteiger partial charge in [0.15, 0.2) is 5.84 Å². The number of ether oxygens (including phenoxy) is 1. The normalized spacial score (nSPS) is 24.3. The Morgan fingerprint density at radius 1 is 1.09 bits per heavy atom. The van der Waals surface area contributed by atoms with Crippen molar-refractivity contribution in [2.24, 2.45) is 4.99 Å². The second-order valence-corrected chi connectivity index (χ2v) is 9.57. The maximum atomic E-state index is 9.98. The summed E-state index contributed by atoms with van der Waals surface area (Å²) in [6.07, 6.45) is 11.2. The summed E-state index contributed by atoms with van der Waals surface area (Å²) < 4.78 is 5.59. The molecule has 8 nitrogen and oxygen atoms in total. The maximum absolute atomic E-state index is 9.98. The third-order valence-corrected chi connectivity index (χ3v) is 7.17. The van der Waals surface area contributed by atoms with Gasteiger partial charge in [-0.1, -0.05) is 18.2 Å². The van der Waals surface area contributed by atoms with Gasteiger partial charge in [-0.25, -0.2) is 4.99 Å². The molecule has 1 N–H and O–H groups in total. The predicted octanol–water partition coefficient (Wildman–Crippen LogP) is 2.05. The van der Waals surface area contributed by atoms with E-state index in [-0.39, 0.29) is 6.17 Å². The van der Waals surface area contributed by atoms with Crippen molar-refractivity contribution in [3.05, 3.63) is 59.2 Å². The highest BCUT2D eigenvalue weighted by Gasteiger charge is 2.32. The number of likely N-dealkylation sites (N-methyl/N-ethyl adjacent to an activating group) is 2. The molecule has 4 aliphatic rings. The fraction of sp³-hybridized carbons (Fsp3) is 0.538. The van der Waals surface area contributed by atoms with Gasteiger partial charge in [-0.3, -0.25) is 4.98 Å². The van der Waals surface area contributed by atoms with Crippen LogP contribution in [0.5, 0.6) is 0 Å². The molecule has 0 bridgehead atoms. The molecule has 34 heavy (non-hydrogen) atoms. The van der Waals surface area contributed by atoms with Crippen molar-refractivity contribution in [2.45, 2.75) is 19.0 Å². The van der Waals surface area contributed by atoms with Crippen LogP contribution in [-0.4, -0.2) is 110 Å². The van der Waals surface area contributed by atoms with Crippen LogP contribution < -0.4 is 4.90 Å². The van der Waals surface area contributed by atoms with E-state index in [0.29, 0.717) is 25.4 Å². The fourth-order valence-corrected chi connectivity index (χ4v) is 4.95. The Bertz CT molecular complexity index is 1000. The first-order valence-electron chi connectivity index (χ1n) is 12.4. The largest absolute Gasteiger partial charge is 0.512 e. The summed E-state index contributed by atoms with van der Waals surface area (Å²) in [5.41, 5.74) is 4.41. The van der Waals surface area contributed by atoms with Crippen molar-refractivity contribution in [3.8, 4) is 0 Å². The number of allylic oxidation sites excluding steroid dienone is 3.